The molecule has 0 aromatic carbocycles. The van der Waals surface area contributed by atoms with Crippen molar-refractivity contribution in [3.8, 4) is 0 Å². The Morgan fingerprint density at radius 1 is 1.31 bits per heavy atom. The van der Waals surface area contributed by atoms with Gasteiger partial charge in [0.15, 0.2) is 5.43 Å². The molecule has 5 heteroatoms. The lowest BCUT2D eigenvalue weighted by atomic mass is 10.3. The molecule has 1 fully saturated rings. The number of pyridine rings is 1. The predicted octanol–water partition coefficient (Wildman–Crippen LogP) is 0.918. The zero-order valence-corrected chi connectivity index (χ0v) is 8.81. The van der Waals surface area contributed by atoms with Crippen LogP contribution in [0.1, 0.15) is 12.8 Å². The number of aromatic nitrogens is 3. The van der Waals surface area contributed by atoms with Gasteiger partial charge in [0, 0.05) is 31.5 Å². The van der Waals surface area contributed by atoms with Crippen LogP contribution >= 0.6 is 0 Å². The number of aromatic amines is 1. The average molecular weight is 216 g/mol. The number of hydrogen-bond donors (Lipinski definition) is 1. The second-order valence-corrected chi connectivity index (χ2v) is 3.97. The van der Waals surface area contributed by atoms with Gasteiger partial charge in [-0.15, -0.1) is 0 Å². The van der Waals surface area contributed by atoms with Gasteiger partial charge < -0.3 is 9.88 Å². The fraction of sp³-hybridized carbons (Fsp3) is 0.364. The Morgan fingerprint density at radius 2 is 2.12 bits per heavy atom. The fourth-order valence-electron chi connectivity index (χ4n) is 2.02. The van der Waals surface area contributed by atoms with E-state index in [1.165, 1.54) is 18.9 Å². The number of hydrogen-bond acceptors (Lipinski definition) is 4. The van der Waals surface area contributed by atoms with Crippen LogP contribution in [0, 0.1) is 0 Å². The molecule has 1 N–H and O–H groups in total. The molecule has 0 amide bonds. The number of nitrogens with one attached hydrogen (secondary N) is 1. The minimum atomic E-state index is -0.0401. The number of nitrogens with zero attached hydrogens (tertiary/aromatic N) is 3. The molecule has 3 heterocycles. The maximum atomic E-state index is 11.5. The van der Waals surface area contributed by atoms with Crippen molar-refractivity contribution >= 4 is 17.0 Å². The molecular formula is C11H12N4O. The first-order chi connectivity index (χ1) is 7.84. The van der Waals surface area contributed by atoms with Gasteiger partial charge in [-0.2, -0.15) is 4.98 Å². The summed E-state index contributed by atoms with van der Waals surface area (Å²) >= 11 is 0. The van der Waals surface area contributed by atoms with E-state index in [0.29, 0.717) is 17.0 Å². The van der Waals surface area contributed by atoms with Crippen molar-refractivity contribution in [2.45, 2.75) is 12.8 Å². The lowest BCUT2D eigenvalue weighted by Crippen LogP contribution is -2.20. The lowest BCUT2D eigenvalue weighted by molar-refractivity contribution is 0.904. The summed E-state index contributed by atoms with van der Waals surface area (Å²) in [6.07, 6.45) is 5.60. The molecule has 0 saturated carbocycles. The van der Waals surface area contributed by atoms with Crippen LogP contribution in [-0.2, 0) is 0 Å². The van der Waals surface area contributed by atoms with Gasteiger partial charge in [-0.25, -0.2) is 4.98 Å². The number of fused-ring (bicyclic) bond motifs is 1. The summed E-state index contributed by atoms with van der Waals surface area (Å²) in [4.78, 5) is 25.2. The predicted molar refractivity (Wildman–Crippen MR) is 61.6 cm³/mol. The Kier molecular flexibility index (Phi) is 2.09. The van der Waals surface area contributed by atoms with E-state index >= 15 is 0 Å². The van der Waals surface area contributed by atoms with Crippen LogP contribution in [0.4, 0.5) is 5.95 Å². The van der Waals surface area contributed by atoms with Crippen molar-refractivity contribution < 1.29 is 0 Å². The smallest absolute Gasteiger partial charge is 0.227 e. The van der Waals surface area contributed by atoms with E-state index in [0.717, 1.165) is 13.1 Å². The van der Waals surface area contributed by atoms with E-state index in [9.17, 15) is 4.79 Å². The van der Waals surface area contributed by atoms with Crippen molar-refractivity contribution in [3.05, 3.63) is 28.7 Å². The molecule has 0 radical (unpaired) electrons. The maximum absolute atomic E-state index is 11.5. The van der Waals surface area contributed by atoms with Crippen LogP contribution in [-0.4, -0.2) is 28.0 Å². The molecule has 5 nitrogen and oxygen atoms in total. The van der Waals surface area contributed by atoms with Crippen molar-refractivity contribution in [2.24, 2.45) is 0 Å². The first-order valence-electron chi connectivity index (χ1n) is 5.44. The number of H-pyrrole nitrogens is 1. The summed E-state index contributed by atoms with van der Waals surface area (Å²) in [6.45, 7) is 2.01. The molecule has 82 valence electrons. The largest absolute Gasteiger partial charge is 0.346 e. The number of rotatable bonds is 1. The van der Waals surface area contributed by atoms with Gasteiger partial charge in [-0.1, -0.05) is 0 Å². The number of anilines is 1. The van der Waals surface area contributed by atoms with Gasteiger partial charge in [0.05, 0.1) is 5.39 Å². The highest BCUT2D eigenvalue weighted by molar-refractivity contribution is 5.74. The monoisotopic (exact) mass is 216 g/mol. The third-order valence-corrected chi connectivity index (χ3v) is 2.89. The molecule has 0 atom stereocenters. The molecule has 3 rings (SSSR count). The van der Waals surface area contributed by atoms with Crippen LogP contribution in [0.25, 0.3) is 11.0 Å². The minimum Gasteiger partial charge on any atom is -0.346 e. The van der Waals surface area contributed by atoms with Gasteiger partial charge in [-0.3, -0.25) is 4.79 Å². The summed E-state index contributed by atoms with van der Waals surface area (Å²) in [5.74, 6) is 0.715. The minimum absolute atomic E-state index is 0.0401. The molecule has 16 heavy (non-hydrogen) atoms. The average Bonchev–Trinajstić information content (AvgIpc) is 2.82. The van der Waals surface area contributed by atoms with E-state index in [1.807, 2.05) is 0 Å². The van der Waals surface area contributed by atoms with Crippen molar-refractivity contribution in [3.63, 3.8) is 0 Å². The highest BCUT2D eigenvalue weighted by Crippen LogP contribution is 2.16. The first-order valence-corrected chi connectivity index (χ1v) is 5.44. The van der Waals surface area contributed by atoms with E-state index in [4.69, 9.17) is 0 Å². The quantitative estimate of drug-likeness (QED) is 0.770. The molecule has 0 spiro atoms. The van der Waals surface area contributed by atoms with E-state index in [-0.39, 0.29) is 5.43 Å². The summed E-state index contributed by atoms with van der Waals surface area (Å²) in [5.41, 5.74) is 0.575. The highest BCUT2D eigenvalue weighted by Gasteiger charge is 2.15. The highest BCUT2D eigenvalue weighted by atomic mass is 16.1. The molecule has 1 saturated heterocycles. The molecular weight excluding hydrogens is 204 g/mol. The molecule has 0 aliphatic carbocycles. The third kappa shape index (κ3) is 1.44. The Hall–Kier alpha value is -1.91. The molecule has 1 aliphatic rings. The Morgan fingerprint density at radius 3 is 2.94 bits per heavy atom. The maximum Gasteiger partial charge on any atom is 0.227 e. The molecule has 1 aliphatic heterocycles. The fourth-order valence-corrected chi connectivity index (χ4v) is 2.02. The van der Waals surface area contributed by atoms with E-state index < -0.39 is 0 Å². The molecule has 0 unspecified atom stereocenters. The second-order valence-electron chi connectivity index (χ2n) is 3.97. The summed E-state index contributed by atoms with van der Waals surface area (Å²) in [5, 5.41) is 0.547. The topological polar surface area (TPSA) is 61.9 Å². The van der Waals surface area contributed by atoms with Gasteiger partial charge in [0.1, 0.15) is 5.65 Å². The second kappa shape index (κ2) is 3.59. The molecule has 0 bridgehead atoms. The Balaban J connectivity index is 2.12. The zero-order valence-electron chi connectivity index (χ0n) is 8.81. The standard InChI is InChI=1S/C11H12N4O/c16-9-3-4-12-10-8(9)7-13-11(14-10)15-5-1-2-6-15/h3-4,7H,1-2,5-6H2,(H,12,13,14,16). The summed E-state index contributed by atoms with van der Waals surface area (Å²) in [6, 6.07) is 1.49. The third-order valence-electron chi connectivity index (χ3n) is 2.89. The van der Waals surface area contributed by atoms with Gasteiger partial charge in [0.2, 0.25) is 5.95 Å². The van der Waals surface area contributed by atoms with Gasteiger partial charge in [0.25, 0.3) is 0 Å². The van der Waals surface area contributed by atoms with Gasteiger partial charge in [-0.05, 0) is 12.8 Å². The van der Waals surface area contributed by atoms with Crippen LogP contribution in [0.3, 0.4) is 0 Å². The van der Waals surface area contributed by atoms with Crippen LogP contribution in [0.15, 0.2) is 23.3 Å². The molecule has 2 aromatic heterocycles. The normalized spacial score (nSPS) is 15.9. The molecule has 2 aromatic rings. The SMILES string of the molecule is O=c1cc[nH]c2nc(N3CCCC3)ncc12. The van der Waals surface area contributed by atoms with Crippen LogP contribution in [0.2, 0.25) is 0 Å². The Bertz CT molecular complexity index is 571. The van der Waals surface area contributed by atoms with E-state index in [2.05, 4.69) is 19.9 Å². The van der Waals surface area contributed by atoms with Crippen molar-refractivity contribution in [1.82, 2.24) is 15.0 Å². The van der Waals surface area contributed by atoms with Crippen molar-refractivity contribution in [1.29, 1.82) is 0 Å². The first kappa shape index (κ1) is 9.33. The van der Waals surface area contributed by atoms with Crippen LogP contribution in [0.5, 0.6) is 0 Å². The van der Waals surface area contributed by atoms with Crippen molar-refractivity contribution in [2.75, 3.05) is 18.0 Å². The Labute approximate surface area is 92.1 Å². The van der Waals surface area contributed by atoms with Gasteiger partial charge >= 0.3 is 0 Å². The van der Waals surface area contributed by atoms with Crippen LogP contribution < -0.4 is 10.3 Å². The van der Waals surface area contributed by atoms with E-state index in [1.54, 1.807) is 12.4 Å². The summed E-state index contributed by atoms with van der Waals surface area (Å²) in [7, 11) is 0. The zero-order chi connectivity index (χ0) is 11.0. The summed E-state index contributed by atoms with van der Waals surface area (Å²) < 4.78 is 0. The lowest BCUT2D eigenvalue weighted by Gasteiger charge is -2.14.